The molecule has 0 heterocycles. The first-order valence-corrected chi connectivity index (χ1v) is 6.91. The monoisotopic (exact) mass is 272 g/mol. The van der Waals surface area contributed by atoms with E-state index in [9.17, 15) is 9.59 Å². The molecule has 0 saturated carbocycles. The molecule has 0 fully saturated rings. The van der Waals surface area contributed by atoms with Crippen LogP contribution in [-0.2, 0) is 9.59 Å². The number of amides is 1. The van der Waals surface area contributed by atoms with Gasteiger partial charge in [-0.25, -0.2) is 0 Å². The Hall–Kier alpha value is -1.10. The van der Waals surface area contributed by atoms with Crippen LogP contribution in [0.2, 0.25) is 0 Å². The van der Waals surface area contributed by atoms with Crippen LogP contribution in [-0.4, -0.2) is 30.1 Å². The SMILES string of the molecule is CC(C)C(CCN)CCC(=O)NCC(C)(C)C(=O)O. The Morgan fingerprint density at radius 3 is 2.26 bits per heavy atom. The van der Waals surface area contributed by atoms with E-state index in [1.54, 1.807) is 13.8 Å². The highest BCUT2D eigenvalue weighted by atomic mass is 16.4. The van der Waals surface area contributed by atoms with Gasteiger partial charge in [-0.05, 0) is 45.1 Å². The summed E-state index contributed by atoms with van der Waals surface area (Å²) in [6.07, 6.45) is 2.15. The first kappa shape index (κ1) is 17.9. The van der Waals surface area contributed by atoms with E-state index in [1.165, 1.54) is 0 Å². The number of aliphatic carboxylic acids is 1. The van der Waals surface area contributed by atoms with E-state index in [4.69, 9.17) is 10.8 Å². The summed E-state index contributed by atoms with van der Waals surface area (Å²) >= 11 is 0. The highest BCUT2D eigenvalue weighted by Gasteiger charge is 2.27. The molecule has 19 heavy (non-hydrogen) atoms. The molecule has 1 unspecified atom stereocenters. The molecule has 0 radical (unpaired) electrons. The first-order valence-electron chi connectivity index (χ1n) is 6.91. The van der Waals surface area contributed by atoms with Crippen LogP contribution < -0.4 is 11.1 Å². The standard InChI is InChI=1S/C14H28N2O3/c1-10(2)11(7-8-15)5-6-12(17)16-9-14(3,4)13(18)19/h10-11H,5-9,15H2,1-4H3,(H,16,17)(H,18,19). The number of rotatable bonds is 9. The fourth-order valence-electron chi connectivity index (χ4n) is 1.83. The lowest BCUT2D eigenvalue weighted by Crippen LogP contribution is -2.39. The maximum atomic E-state index is 11.7. The zero-order valence-corrected chi connectivity index (χ0v) is 12.5. The number of carboxylic acid groups (broad SMARTS) is 1. The van der Waals surface area contributed by atoms with Crippen LogP contribution in [0.1, 0.15) is 47.0 Å². The summed E-state index contributed by atoms with van der Waals surface area (Å²) in [4.78, 5) is 22.6. The van der Waals surface area contributed by atoms with Crippen molar-refractivity contribution >= 4 is 11.9 Å². The number of hydrogen-bond donors (Lipinski definition) is 3. The summed E-state index contributed by atoms with van der Waals surface area (Å²) in [5.74, 6) is -0.0389. The predicted molar refractivity (Wildman–Crippen MR) is 75.7 cm³/mol. The van der Waals surface area contributed by atoms with Gasteiger partial charge < -0.3 is 16.2 Å². The number of hydrogen-bond acceptors (Lipinski definition) is 3. The van der Waals surface area contributed by atoms with Gasteiger partial charge in [-0.2, -0.15) is 0 Å². The molecule has 4 N–H and O–H groups in total. The normalized spacial score (nSPS) is 13.4. The third kappa shape index (κ3) is 7.15. The topological polar surface area (TPSA) is 92.4 Å². The van der Waals surface area contributed by atoms with Crippen molar-refractivity contribution in [3.05, 3.63) is 0 Å². The van der Waals surface area contributed by atoms with E-state index >= 15 is 0 Å². The van der Waals surface area contributed by atoms with Gasteiger partial charge in [0.15, 0.2) is 0 Å². The van der Waals surface area contributed by atoms with E-state index in [-0.39, 0.29) is 12.5 Å². The van der Waals surface area contributed by atoms with Gasteiger partial charge in [-0.15, -0.1) is 0 Å². The molecule has 5 heteroatoms. The molecule has 1 amide bonds. The molecule has 0 aliphatic rings. The number of carbonyl (C=O) groups is 2. The summed E-state index contributed by atoms with van der Waals surface area (Å²) in [6.45, 7) is 8.25. The second-order valence-corrected chi connectivity index (χ2v) is 6.09. The number of nitrogens with one attached hydrogen (secondary N) is 1. The lowest BCUT2D eigenvalue weighted by Gasteiger charge is -2.21. The summed E-state index contributed by atoms with van der Waals surface area (Å²) in [5.41, 5.74) is 4.63. The van der Waals surface area contributed by atoms with Gasteiger partial charge in [-0.3, -0.25) is 9.59 Å². The van der Waals surface area contributed by atoms with E-state index in [1.807, 2.05) is 0 Å². The lowest BCUT2D eigenvalue weighted by atomic mass is 9.88. The fraction of sp³-hybridized carbons (Fsp3) is 0.857. The third-order valence-corrected chi connectivity index (χ3v) is 3.53. The quantitative estimate of drug-likeness (QED) is 0.594. The highest BCUT2D eigenvalue weighted by molar-refractivity contribution is 5.78. The van der Waals surface area contributed by atoms with Gasteiger partial charge in [0.25, 0.3) is 0 Å². The zero-order chi connectivity index (χ0) is 15.1. The summed E-state index contributed by atoms with van der Waals surface area (Å²) < 4.78 is 0. The van der Waals surface area contributed by atoms with Crippen molar-refractivity contribution in [3.63, 3.8) is 0 Å². The molecule has 0 rings (SSSR count). The van der Waals surface area contributed by atoms with Gasteiger partial charge in [0.05, 0.1) is 5.41 Å². The van der Waals surface area contributed by atoms with Crippen LogP contribution in [0.3, 0.4) is 0 Å². The Bertz CT molecular complexity index is 301. The Morgan fingerprint density at radius 1 is 1.26 bits per heavy atom. The van der Waals surface area contributed by atoms with Crippen LogP contribution in [0.15, 0.2) is 0 Å². The second kappa shape index (κ2) is 8.15. The lowest BCUT2D eigenvalue weighted by molar-refractivity contribution is -0.146. The predicted octanol–water partition coefficient (Wildman–Crippen LogP) is 1.61. The summed E-state index contributed by atoms with van der Waals surface area (Å²) in [5, 5.41) is 11.6. The first-order chi connectivity index (χ1) is 8.70. The molecule has 0 aromatic heterocycles. The summed E-state index contributed by atoms with van der Waals surface area (Å²) in [6, 6.07) is 0. The van der Waals surface area contributed by atoms with Crippen molar-refractivity contribution in [2.24, 2.45) is 23.0 Å². The van der Waals surface area contributed by atoms with E-state index < -0.39 is 11.4 Å². The minimum absolute atomic E-state index is 0.0861. The minimum atomic E-state index is -0.926. The molecular weight excluding hydrogens is 244 g/mol. The molecule has 0 spiro atoms. The van der Waals surface area contributed by atoms with Crippen molar-refractivity contribution in [1.29, 1.82) is 0 Å². The Labute approximate surface area is 115 Å². The van der Waals surface area contributed by atoms with E-state index in [0.29, 0.717) is 24.8 Å². The van der Waals surface area contributed by atoms with Crippen molar-refractivity contribution in [2.45, 2.75) is 47.0 Å². The largest absolute Gasteiger partial charge is 0.481 e. The maximum absolute atomic E-state index is 11.7. The van der Waals surface area contributed by atoms with Gasteiger partial charge in [0.1, 0.15) is 0 Å². The van der Waals surface area contributed by atoms with Gasteiger partial charge in [-0.1, -0.05) is 13.8 Å². The molecular formula is C14H28N2O3. The molecule has 0 saturated heterocycles. The molecule has 0 bridgehead atoms. The van der Waals surface area contributed by atoms with E-state index in [2.05, 4.69) is 19.2 Å². The number of carboxylic acids is 1. The van der Waals surface area contributed by atoms with Gasteiger partial charge in [0, 0.05) is 13.0 Å². The fourth-order valence-corrected chi connectivity index (χ4v) is 1.83. The minimum Gasteiger partial charge on any atom is -0.481 e. The van der Waals surface area contributed by atoms with Crippen molar-refractivity contribution in [1.82, 2.24) is 5.32 Å². The smallest absolute Gasteiger partial charge is 0.310 e. The average Bonchev–Trinajstić information content (AvgIpc) is 2.31. The molecule has 1 atom stereocenters. The number of carbonyl (C=O) groups excluding carboxylic acids is 1. The van der Waals surface area contributed by atoms with Crippen molar-refractivity contribution in [3.8, 4) is 0 Å². The van der Waals surface area contributed by atoms with E-state index in [0.717, 1.165) is 12.8 Å². The van der Waals surface area contributed by atoms with Crippen LogP contribution in [0.25, 0.3) is 0 Å². The van der Waals surface area contributed by atoms with Crippen LogP contribution >= 0.6 is 0 Å². The average molecular weight is 272 g/mol. The van der Waals surface area contributed by atoms with Gasteiger partial charge >= 0.3 is 5.97 Å². The molecule has 0 aliphatic heterocycles. The molecule has 0 aromatic carbocycles. The Kier molecular flexibility index (Phi) is 7.68. The zero-order valence-electron chi connectivity index (χ0n) is 12.5. The van der Waals surface area contributed by atoms with Gasteiger partial charge in [0.2, 0.25) is 5.91 Å². The maximum Gasteiger partial charge on any atom is 0.310 e. The molecule has 0 aromatic rings. The Morgan fingerprint density at radius 2 is 1.84 bits per heavy atom. The van der Waals surface area contributed by atoms with Crippen LogP contribution in [0.4, 0.5) is 0 Å². The van der Waals surface area contributed by atoms with Crippen molar-refractivity contribution < 1.29 is 14.7 Å². The molecule has 5 nitrogen and oxygen atoms in total. The third-order valence-electron chi connectivity index (χ3n) is 3.53. The van der Waals surface area contributed by atoms with Crippen molar-refractivity contribution in [2.75, 3.05) is 13.1 Å². The van der Waals surface area contributed by atoms with Crippen LogP contribution in [0, 0.1) is 17.3 Å². The Balaban J connectivity index is 4.08. The highest BCUT2D eigenvalue weighted by Crippen LogP contribution is 2.20. The molecule has 112 valence electrons. The second-order valence-electron chi connectivity index (χ2n) is 6.09. The number of nitrogens with two attached hydrogens (primary N) is 1. The molecule has 0 aliphatic carbocycles. The van der Waals surface area contributed by atoms with Crippen LogP contribution in [0.5, 0.6) is 0 Å². The summed E-state index contributed by atoms with van der Waals surface area (Å²) in [7, 11) is 0.